The summed E-state index contributed by atoms with van der Waals surface area (Å²) < 4.78 is 7.49. The first-order valence-electron chi connectivity index (χ1n) is 10.8. The molecule has 8 heteroatoms. The monoisotopic (exact) mass is 425 g/mol. The molecule has 1 saturated heterocycles. The van der Waals surface area contributed by atoms with E-state index < -0.39 is 0 Å². The number of nitrogens with zero attached hydrogens (tertiary/aromatic N) is 6. The van der Waals surface area contributed by atoms with Crippen molar-refractivity contribution >= 4 is 17.3 Å². The SMILES string of the molecule is C1=CN(c2cc(N3CCOCC3)n3nc(-c4cccnc4)cc3n2)NC1c1ccccc1. The molecule has 0 radical (unpaired) electrons. The van der Waals surface area contributed by atoms with E-state index in [1.807, 2.05) is 46.2 Å². The Bertz CT molecular complexity index is 1250. The number of benzene rings is 1. The molecule has 8 nitrogen and oxygen atoms in total. The second kappa shape index (κ2) is 8.07. The maximum Gasteiger partial charge on any atom is 0.160 e. The summed E-state index contributed by atoms with van der Waals surface area (Å²) >= 11 is 0. The summed E-state index contributed by atoms with van der Waals surface area (Å²) in [6, 6.07) is 18.5. The molecule has 5 heterocycles. The highest BCUT2D eigenvalue weighted by atomic mass is 16.5. The highest BCUT2D eigenvalue weighted by molar-refractivity contribution is 5.68. The van der Waals surface area contributed by atoms with Crippen LogP contribution in [0.25, 0.3) is 16.9 Å². The topological polar surface area (TPSA) is 70.8 Å². The van der Waals surface area contributed by atoms with Crippen LogP contribution in [0.5, 0.6) is 0 Å². The minimum atomic E-state index is 0.108. The number of ether oxygens (including phenoxy) is 1. The van der Waals surface area contributed by atoms with E-state index in [4.69, 9.17) is 14.8 Å². The van der Waals surface area contributed by atoms with E-state index in [1.165, 1.54) is 5.56 Å². The lowest BCUT2D eigenvalue weighted by Gasteiger charge is -2.29. The molecular formula is C24H23N7O. The van der Waals surface area contributed by atoms with Crippen LogP contribution in [0.2, 0.25) is 0 Å². The predicted octanol–water partition coefficient (Wildman–Crippen LogP) is 3.21. The Morgan fingerprint density at radius 3 is 2.69 bits per heavy atom. The average molecular weight is 425 g/mol. The molecular weight excluding hydrogens is 402 g/mol. The van der Waals surface area contributed by atoms with Gasteiger partial charge in [0.05, 0.1) is 24.9 Å². The lowest BCUT2D eigenvalue weighted by Crippen LogP contribution is -2.38. The van der Waals surface area contributed by atoms with Crippen LogP contribution in [0.15, 0.2) is 79.3 Å². The fraction of sp³-hybridized carbons (Fsp3) is 0.208. The Hall–Kier alpha value is -3.75. The maximum atomic E-state index is 5.57. The second-order valence-electron chi connectivity index (χ2n) is 7.84. The van der Waals surface area contributed by atoms with E-state index in [9.17, 15) is 0 Å². The van der Waals surface area contributed by atoms with E-state index >= 15 is 0 Å². The number of morpholine rings is 1. The second-order valence-corrected chi connectivity index (χ2v) is 7.84. The van der Waals surface area contributed by atoms with Gasteiger partial charge in [-0.2, -0.15) is 9.61 Å². The molecule has 1 fully saturated rings. The number of pyridine rings is 1. The van der Waals surface area contributed by atoms with E-state index in [0.29, 0.717) is 13.2 Å². The summed E-state index contributed by atoms with van der Waals surface area (Å²) in [5.74, 6) is 1.83. The Balaban J connectivity index is 1.40. The number of hydrogen-bond donors (Lipinski definition) is 1. The number of anilines is 2. The molecule has 2 aliphatic heterocycles. The van der Waals surface area contributed by atoms with Crippen molar-refractivity contribution in [3.63, 3.8) is 0 Å². The molecule has 0 amide bonds. The standard InChI is InChI=1S/C24H23N7O/c1-2-5-18(6-3-1)20-8-10-30(27-20)22-16-24(29-11-13-32-14-12-29)31-23(26-22)15-21(28-31)19-7-4-9-25-17-19/h1-10,15-17,20,27H,11-14H2. The van der Waals surface area contributed by atoms with Gasteiger partial charge in [0.1, 0.15) is 5.82 Å². The number of nitrogens with one attached hydrogen (secondary N) is 1. The van der Waals surface area contributed by atoms with Crippen molar-refractivity contribution in [1.29, 1.82) is 0 Å². The molecule has 1 N–H and O–H groups in total. The molecule has 0 bridgehead atoms. The van der Waals surface area contributed by atoms with Gasteiger partial charge in [-0.25, -0.2) is 10.4 Å². The van der Waals surface area contributed by atoms with Gasteiger partial charge in [0, 0.05) is 49.4 Å². The maximum absolute atomic E-state index is 5.57. The van der Waals surface area contributed by atoms with Crippen molar-refractivity contribution in [2.24, 2.45) is 0 Å². The Kier molecular flexibility index (Phi) is 4.78. The van der Waals surface area contributed by atoms with Crippen LogP contribution in [0, 0.1) is 0 Å². The van der Waals surface area contributed by atoms with Gasteiger partial charge in [0.25, 0.3) is 0 Å². The van der Waals surface area contributed by atoms with Gasteiger partial charge < -0.3 is 9.64 Å². The van der Waals surface area contributed by atoms with E-state index in [1.54, 1.807) is 6.20 Å². The number of aromatic nitrogens is 4. The van der Waals surface area contributed by atoms with Crippen molar-refractivity contribution in [3.05, 3.63) is 84.8 Å². The molecule has 0 spiro atoms. The first kappa shape index (κ1) is 19.0. The normalized spacial score (nSPS) is 18.6. The fourth-order valence-corrected chi connectivity index (χ4v) is 4.14. The third-order valence-electron chi connectivity index (χ3n) is 5.80. The third kappa shape index (κ3) is 3.49. The van der Waals surface area contributed by atoms with Crippen LogP contribution < -0.4 is 15.3 Å². The summed E-state index contributed by atoms with van der Waals surface area (Å²) in [6.07, 6.45) is 7.78. The zero-order valence-electron chi connectivity index (χ0n) is 17.5. The average Bonchev–Trinajstić information content (AvgIpc) is 3.53. The van der Waals surface area contributed by atoms with Crippen molar-refractivity contribution in [1.82, 2.24) is 25.0 Å². The van der Waals surface area contributed by atoms with E-state index in [2.05, 4.69) is 51.7 Å². The van der Waals surface area contributed by atoms with Crippen LogP contribution >= 0.6 is 0 Å². The van der Waals surface area contributed by atoms with Crippen LogP contribution in [-0.2, 0) is 4.74 Å². The van der Waals surface area contributed by atoms with E-state index in [-0.39, 0.29) is 6.04 Å². The predicted molar refractivity (Wildman–Crippen MR) is 123 cm³/mol. The molecule has 4 aromatic rings. The van der Waals surface area contributed by atoms with Crippen LogP contribution in [0.1, 0.15) is 11.6 Å². The molecule has 3 aromatic heterocycles. The van der Waals surface area contributed by atoms with Gasteiger partial charge in [-0.15, -0.1) is 0 Å². The van der Waals surface area contributed by atoms with Gasteiger partial charge in [-0.3, -0.25) is 9.99 Å². The number of hydrazine groups is 1. The molecule has 0 saturated carbocycles. The lowest BCUT2D eigenvalue weighted by atomic mass is 10.1. The van der Waals surface area contributed by atoms with Crippen LogP contribution in [0.3, 0.4) is 0 Å². The smallest absolute Gasteiger partial charge is 0.160 e. The minimum absolute atomic E-state index is 0.108. The van der Waals surface area contributed by atoms with Crippen LogP contribution in [0.4, 0.5) is 11.6 Å². The molecule has 1 aromatic carbocycles. The highest BCUT2D eigenvalue weighted by Gasteiger charge is 2.23. The van der Waals surface area contributed by atoms with Gasteiger partial charge in [0.2, 0.25) is 0 Å². The zero-order chi connectivity index (χ0) is 21.3. The third-order valence-corrected chi connectivity index (χ3v) is 5.80. The van der Waals surface area contributed by atoms with Crippen molar-refractivity contribution < 1.29 is 4.74 Å². The summed E-state index contributed by atoms with van der Waals surface area (Å²) in [6.45, 7) is 3.04. The highest BCUT2D eigenvalue weighted by Crippen LogP contribution is 2.29. The number of fused-ring (bicyclic) bond motifs is 1. The number of rotatable bonds is 4. The Morgan fingerprint density at radius 2 is 1.88 bits per heavy atom. The van der Waals surface area contributed by atoms with Crippen LogP contribution in [-0.4, -0.2) is 45.9 Å². The Morgan fingerprint density at radius 1 is 1.00 bits per heavy atom. The molecule has 0 aliphatic carbocycles. The van der Waals surface area contributed by atoms with Gasteiger partial charge >= 0.3 is 0 Å². The molecule has 2 aliphatic rings. The van der Waals surface area contributed by atoms with E-state index in [0.717, 1.165) is 41.6 Å². The molecule has 160 valence electrons. The number of hydrogen-bond acceptors (Lipinski definition) is 7. The van der Waals surface area contributed by atoms with Gasteiger partial charge in [0.15, 0.2) is 11.5 Å². The zero-order valence-corrected chi connectivity index (χ0v) is 17.5. The quantitative estimate of drug-likeness (QED) is 0.538. The molecule has 32 heavy (non-hydrogen) atoms. The Labute approximate surface area is 185 Å². The molecule has 1 atom stereocenters. The van der Waals surface area contributed by atoms with Crippen molar-refractivity contribution in [2.45, 2.75) is 6.04 Å². The fourth-order valence-electron chi connectivity index (χ4n) is 4.14. The lowest BCUT2D eigenvalue weighted by molar-refractivity contribution is 0.122. The summed E-state index contributed by atoms with van der Waals surface area (Å²) in [7, 11) is 0. The first-order chi connectivity index (χ1) is 15.8. The molecule has 1 unspecified atom stereocenters. The van der Waals surface area contributed by atoms with Crippen molar-refractivity contribution in [2.75, 3.05) is 36.2 Å². The summed E-state index contributed by atoms with van der Waals surface area (Å²) in [4.78, 5) is 11.5. The van der Waals surface area contributed by atoms with Crippen molar-refractivity contribution in [3.8, 4) is 11.3 Å². The largest absolute Gasteiger partial charge is 0.378 e. The van der Waals surface area contributed by atoms with Gasteiger partial charge in [-0.05, 0) is 23.8 Å². The minimum Gasteiger partial charge on any atom is -0.378 e. The first-order valence-corrected chi connectivity index (χ1v) is 10.8. The van der Waals surface area contributed by atoms with Gasteiger partial charge in [-0.1, -0.05) is 30.3 Å². The summed E-state index contributed by atoms with van der Waals surface area (Å²) in [5.41, 5.74) is 7.36. The molecule has 6 rings (SSSR count). The summed E-state index contributed by atoms with van der Waals surface area (Å²) in [5, 5.41) is 6.85.